The van der Waals surface area contributed by atoms with E-state index in [0.29, 0.717) is 0 Å². The molecule has 27 heavy (non-hydrogen) atoms. The van der Waals surface area contributed by atoms with Crippen molar-refractivity contribution in [3.05, 3.63) is 93.7 Å². The molecule has 1 atom stereocenters. The molecule has 3 aromatic rings. The second-order valence-corrected chi connectivity index (χ2v) is 7.50. The maximum atomic E-state index is 13.1. The van der Waals surface area contributed by atoms with E-state index in [9.17, 15) is 4.79 Å². The van der Waals surface area contributed by atoms with E-state index in [1.807, 2.05) is 53.4 Å². The standard InChI is InChI=1S/C23H21NO2S/c1-26-19-9-5-6-17(16-19)10-11-22(25)24-14-12-21-20(13-15-27-21)23(24)18-7-3-2-4-8-18/h2-11,13,15-16,23H,12,14H2,1H3/b11-10+. The number of ether oxygens (including phenoxy) is 1. The number of amides is 1. The first-order valence-corrected chi connectivity index (χ1v) is 9.88. The number of carbonyl (C=O) groups is 1. The van der Waals surface area contributed by atoms with Crippen molar-refractivity contribution < 1.29 is 9.53 Å². The molecular formula is C23H21NO2S. The molecular weight excluding hydrogens is 354 g/mol. The van der Waals surface area contributed by atoms with Crippen LogP contribution in [0.1, 0.15) is 27.6 Å². The summed E-state index contributed by atoms with van der Waals surface area (Å²) in [6.07, 6.45) is 4.44. The van der Waals surface area contributed by atoms with E-state index in [1.54, 1.807) is 24.5 Å². The summed E-state index contributed by atoms with van der Waals surface area (Å²) < 4.78 is 5.25. The molecule has 0 radical (unpaired) electrons. The number of benzene rings is 2. The van der Waals surface area contributed by atoms with Crippen LogP contribution in [0.25, 0.3) is 6.08 Å². The van der Waals surface area contributed by atoms with Gasteiger partial charge in [-0.15, -0.1) is 11.3 Å². The fraction of sp³-hybridized carbons (Fsp3) is 0.174. The van der Waals surface area contributed by atoms with Crippen LogP contribution in [-0.2, 0) is 11.2 Å². The summed E-state index contributed by atoms with van der Waals surface area (Å²) >= 11 is 1.78. The zero-order chi connectivity index (χ0) is 18.6. The predicted octanol–water partition coefficient (Wildman–Crippen LogP) is 4.94. The van der Waals surface area contributed by atoms with Gasteiger partial charge in [0.15, 0.2) is 0 Å². The zero-order valence-electron chi connectivity index (χ0n) is 15.2. The molecule has 0 aliphatic carbocycles. The molecule has 0 bridgehead atoms. The number of carbonyl (C=O) groups excluding carboxylic acids is 1. The zero-order valence-corrected chi connectivity index (χ0v) is 16.0. The average molecular weight is 375 g/mol. The Morgan fingerprint density at radius 2 is 2.00 bits per heavy atom. The van der Waals surface area contributed by atoms with Crippen LogP contribution in [0.4, 0.5) is 0 Å². The lowest BCUT2D eigenvalue weighted by Gasteiger charge is -2.35. The highest BCUT2D eigenvalue weighted by Gasteiger charge is 2.31. The average Bonchev–Trinajstić information content (AvgIpc) is 3.21. The molecule has 1 aromatic heterocycles. The number of fused-ring (bicyclic) bond motifs is 1. The lowest BCUT2D eigenvalue weighted by Crippen LogP contribution is -2.39. The van der Waals surface area contributed by atoms with Crippen molar-refractivity contribution in [1.82, 2.24) is 4.90 Å². The molecule has 1 aliphatic heterocycles. The van der Waals surface area contributed by atoms with Crippen LogP contribution in [0.3, 0.4) is 0 Å². The number of rotatable bonds is 4. The smallest absolute Gasteiger partial charge is 0.247 e. The fourth-order valence-corrected chi connectivity index (χ4v) is 4.46. The summed E-state index contributed by atoms with van der Waals surface area (Å²) in [6.45, 7) is 0.731. The monoisotopic (exact) mass is 375 g/mol. The Bertz CT molecular complexity index is 961. The Labute approximate surface area is 163 Å². The van der Waals surface area contributed by atoms with Crippen LogP contribution < -0.4 is 4.74 Å². The number of hydrogen-bond donors (Lipinski definition) is 0. The number of hydrogen-bond acceptors (Lipinski definition) is 3. The first kappa shape index (κ1) is 17.6. The molecule has 1 aliphatic rings. The maximum Gasteiger partial charge on any atom is 0.247 e. The van der Waals surface area contributed by atoms with Crippen LogP contribution in [0.15, 0.2) is 72.1 Å². The highest BCUT2D eigenvalue weighted by molar-refractivity contribution is 7.10. The first-order chi connectivity index (χ1) is 13.3. The van der Waals surface area contributed by atoms with E-state index in [-0.39, 0.29) is 11.9 Å². The highest BCUT2D eigenvalue weighted by atomic mass is 32.1. The van der Waals surface area contributed by atoms with Crippen LogP contribution >= 0.6 is 11.3 Å². The number of nitrogens with zero attached hydrogens (tertiary/aromatic N) is 1. The third-order valence-corrected chi connectivity index (χ3v) is 5.87. The minimum Gasteiger partial charge on any atom is -0.497 e. The Hall–Kier alpha value is -2.85. The minimum atomic E-state index is -0.0244. The van der Waals surface area contributed by atoms with E-state index in [1.165, 1.54) is 10.4 Å². The van der Waals surface area contributed by atoms with E-state index in [2.05, 4.69) is 23.6 Å². The lowest BCUT2D eigenvalue weighted by atomic mass is 9.93. The van der Waals surface area contributed by atoms with Gasteiger partial charge >= 0.3 is 0 Å². The Morgan fingerprint density at radius 3 is 2.81 bits per heavy atom. The van der Waals surface area contributed by atoms with Crippen molar-refractivity contribution in [2.45, 2.75) is 12.5 Å². The second kappa shape index (κ2) is 7.80. The second-order valence-electron chi connectivity index (χ2n) is 6.50. The van der Waals surface area contributed by atoms with E-state index < -0.39 is 0 Å². The topological polar surface area (TPSA) is 29.5 Å². The summed E-state index contributed by atoms with van der Waals surface area (Å²) in [5, 5.41) is 2.13. The summed E-state index contributed by atoms with van der Waals surface area (Å²) in [6, 6.07) is 20.1. The van der Waals surface area contributed by atoms with Gasteiger partial charge in [-0.05, 0) is 52.8 Å². The van der Waals surface area contributed by atoms with Gasteiger partial charge in [-0.25, -0.2) is 0 Å². The quantitative estimate of drug-likeness (QED) is 0.604. The van der Waals surface area contributed by atoms with Gasteiger partial charge in [0, 0.05) is 17.5 Å². The molecule has 2 aromatic carbocycles. The van der Waals surface area contributed by atoms with Crippen molar-refractivity contribution in [3.8, 4) is 5.75 Å². The van der Waals surface area contributed by atoms with E-state index in [0.717, 1.165) is 29.8 Å². The number of methoxy groups -OCH3 is 1. The Morgan fingerprint density at radius 1 is 1.15 bits per heavy atom. The Balaban J connectivity index is 1.63. The van der Waals surface area contributed by atoms with Crippen molar-refractivity contribution in [2.75, 3.05) is 13.7 Å². The predicted molar refractivity (Wildman–Crippen MR) is 110 cm³/mol. The fourth-order valence-electron chi connectivity index (χ4n) is 3.56. The van der Waals surface area contributed by atoms with Crippen molar-refractivity contribution in [3.63, 3.8) is 0 Å². The van der Waals surface area contributed by atoms with Gasteiger partial charge in [0.25, 0.3) is 0 Å². The molecule has 1 amide bonds. The van der Waals surface area contributed by atoms with Gasteiger partial charge in [0.2, 0.25) is 5.91 Å². The normalized spacial score (nSPS) is 16.3. The van der Waals surface area contributed by atoms with Gasteiger partial charge in [-0.3, -0.25) is 4.79 Å². The number of thiophene rings is 1. The summed E-state index contributed by atoms with van der Waals surface area (Å²) in [4.78, 5) is 16.4. The molecule has 0 spiro atoms. The molecule has 2 heterocycles. The van der Waals surface area contributed by atoms with Gasteiger partial charge in [0.1, 0.15) is 5.75 Å². The summed E-state index contributed by atoms with van der Waals surface area (Å²) in [5.74, 6) is 0.816. The van der Waals surface area contributed by atoms with Crippen LogP contribution in [0.5, 0.6) is 5.75 Å². The first-order valence-electron chi connectivity index (χ1n) is 9.00. The summed E-state index contributed by atoms with van der Waals surface area (Å²) in [7, 11) is 1.64. The highest BCUT2D eigenvalue weighted by Crippen LogP contribution is 2.37. The third kappa shape index (κ3) is 3.67. The summed E-state index contributed by atoms with van der Waals surface area (Å²) in [5.41, 5.74) is 3.35. The van der Waals surface area contributed by atoms with Crippen molar-refractivity contribution in [1.29, 1.82) is 0 Å². The SMILES string of the molecule is COc1cccc(/C=C/C(=O)N2CCc3sccc3C2c2ccccc2)c1. The van der Waals surface area contributed by atoms with E-state index >= 15 is 0 Å². The Kier molecular flexibility index (Phi) is 5.07. The largest absolute Gasteiger partial charge is 0.497 e. The molecule has 0 saturated heterocycles. The third-order valence-electron chi connectivity index (χ3n) is 4.88. The van der Waals surface area contributed by atoms with Gasteiger partial charge in [-0.2, -0.15) is 0 Å². The van der Waals surface area contributed by atoms with Crippen LogP contribution in [0.2, 0.25) is 0 Å². The molecule has 4 rings (SSSR count). The molecule has 1 unspecified atom stereocenters. The molecule has 4 heteroatoms. The lowest BCUT2D eigenvalue weighted by molar-refractivity contribution is -0.127. The van der Waals surface area contributed by atoms with Crippen molar-refractivity contribution >= 4 is 23.3 Å². The van der Waals surface area contributed by atoms with E-state index in [4.69, 9.17) is 4.74 Å². The molecule has 0 N–H and O–H groups in total. The van der Waals surface area contributed by atoms with Crippen molar-refractivity contribution in [2.24, 2.45) is 0 Å². The molecule has 136 valence electrons. The van der Waals surface area contributed by atoms with Gasteiger partial charge in [-0.1, -0.05) is 42.5 Å². The van der Waals surface area contributed by atoms with Gasteiger partial charge in [0.05, 0.1) is 13.2 Å². The molecule has 0 fully saturated rings. The molecule has 0 saturated carbocycles. The van der Waals surface area contributed by atoms with Crippen LogP contribution in [-0.4, -0.2) is 24.5 Å². The van der Waals surface area contributed by atoms with Gasteiger partial charge < -0.3 is 9.64 Å². The molecule has 3 nitrogen and oxygen atoms in total. The van der Waals surface area contributed by atoms with Crippen LogP contribution in [0, 0.1) is 0 Å². The maximum absolute atomic E-state index is 13.1. The minimum absolute atomic E-state index is 0.0244.